The first-order valence-corrected chi connectivity index (χ1v) is 9.41. The van der Waals surface area contributed by atoms with Crippen LogP contribution >= 0.6 is 0 Å². The molecule has 0 radical (unpaired) electrons. The number of carbonyl (C=O) groups is 1. The Labute approximate surface area is 164 Å². The maximum Gasteiger partial charge on any atom is 0.417 e. The van der Waals surface area contributed by atoms with Crippen molar-refractivity contribution in [3.05, 3.63) is 41.0 Å². The van der Waals surface area contributed by atoms with Gasteiger partial charge in [-0.15, -0.1) is 0 Å². The molecule has 0 spiro atoms. The molecule has 1 amide bonds. The Kier molecular flexibility index (Phi) is 4.79. The van der Waals surface area contributed by atoms with Gasteiger partial charge in [-0.2, -0.15) is 18.3 Å². The Balaban J connectivity index is 1.73. The zero-order valence-electron chi connectivity index (χ0n) is 16.0. The second kappa shape index (κ2) is 7.16. The van der Waals surface area contributed by atoms with Crippen molar-refractivity contribution in [2.24, 2.45) is 0 Å². The van der Waals surface area contributed by atoms with Crippen LogP contribution < -0.4 is 0 Å². The summed E-state index contributed by atoms with van der Waals surface area (Å²) in [6.45, 7) is 4.31. The summed E-state index contributed by atoms with van der Waals surface area (Å²) in [6, 6.07) is 2.64. The van der Waals surface area contributed by atoms with E-state index in [2.05, 4.69) is 20.3 Å². The van der Waals surface area contributed by atoms with Gasteiger partial charge in [0.1, 0.15) is 5.69 Å². The molecule has 0 aromatic carbocycles. The number of H-pyrrole nitrogens is 1. The number of aromatic amines is 1. The van der Waals surface area contributed by atoms with Crippen molar-refractivity contribution in [2.45, 2.75) is 44.7 Å². The highest BCUT2D eigenvalue weighted by Crippen LogP contribution is 2.40. The minimum absolute atomic E-state index is 0.109. The lowest BCUT2D eigenvalue weighted by Gasteiger charge is -2.31. The molecule has 4 heterocycles. The summed E-state index contributed by atoms with van der Waals surface area (Å²) in [5, 5.41) is 10.2. The first-order chi connectivity index (χ1) is 13.8. The highest BCUT2D eigenvalue weighted by molar-refractivity contribution is 5.92. The molecule has 3 aromatic rings. The molecular formula is C19H20F3N5O2. The highest BCUT2D eigenvalue weighted by atomic mass is 19.4. The monoisotopic (exact) mass is 407 g/mol. The molecule has 4 rings (SSSR count). The van der Waals surface area contributed by atoms with Crippen LogP contribution in [-0.2, 0) is 6.18 Å². The van der Waals surface area contributed by atoms with Crippen molar-refractivity contribution in [3.63, 3.8) is 0 Å². The summed E-state index contributed by atoms with van der Waals surface area (Å²) < 4.78 is 46.6. The largest absolute Gasteiger partial charge is 0.417 e. The number of amides is 1. The standard InChI is InChI=1S/C19H20F3N5O2/c1-10(2)14-8-12(19(20,21)22)15-16(26-29-17(15)24-14)11-4-3-7-27(9-11)18(28)13-5-6-23-25-13/h5-6,8,10-11H,3-4,7,9H2,1-2H3,(H,23,25). The molecule has 3 aromatic heterocycles. The first-order valence-electron chi connectivity index (χ1n) is 9.41. The van der Waals surface area contributed by atoms with Crippen LogP contribution in [0.3, 0.4) is 0 Å². The smallest absolute Gasteiger partial charge is 0.337 e. The average molecular weight is 407 g/mol. The number of hydrogen-bond donors (Lipinski definition) is 1. The molecule has 1 aliphatic rings. The van der Waals surface area contributed by atoms with Gasteiger partial charge in [-0.3, -0.25) is 9.89 Å². The molecule has 29 heavy (non-hydrogen) atoms. The molecule has 7 nitrogen and oxygen atoms in total. The van der Waals surface area contributed by atoms with Gasteiger partial charge in [0.05, 0.1) is 16.6 Å². The van der Waals surface area contributed by atoms with Gasteiger partial charge >= 0.3 is 6.18 Å². The molecule has 1 aliphatic heterocycles. The van der Waals surface area contributed by atoms with Crippen LogP contribution in [0.25, 0.3) is 11.1 Å². The SMILES string of the molecule is CC(C)c1cc(C(F)(F)F)c2c(C3CCCN(C(=O)c4ccn[nH]4)C3)noc2n1. The summed E-state index contributed by atoms with van der Waals surface area (Å²) in [6.07, 6.45) is -1.83. The minimum Gasteiger partial charge on any atom is -0.337 e. The fourth-order valence-corrected chi connectivity index (χ4v) is 3.72. The number of nitrogens with one attached hydrogen (secondary N) is 1. The number of rotatable bonds is 3. The third-order valence-electron chi connectivity index (χ3n) is 5.22. The molecule has 1 fully saturated rings. The number of likely N-dealkylation sites (tertiary alicyclic amines) is 1. The van der Waals surface area contributed by atoms with Crippen molar-refractivity contribution in [2.75, 3.05) is 13.1 Å². The van der Waals surface area contributed by atoms with E-state index in [0.29, 0.717) is 30.8 Å². The van der Waals surface area contributed by atoms with Crippen molar-refractivity contribution >= 4 is 17.0 Å². The lowest BCUT2D eigenvalue weighted by atomic mass is 9.91. The maximum atomic E-state index is 13.8. The van der Waals surface area contributed by atoms with Gasteiger partial charge in [-0.1, -0.05) is 19.0 Å². The van der Waals surface area contributed by atoms with Crippen LogP contribution in [0.5, 0.6) is 0 Å². The zero-order valence-corrected chi connectivity index (χ0v) is 16.0. The van der Waals surface area contributed by atoms with Gasteiger partial charge < -0.3 is 9.42 Å². The number of pyridine rings is 1. The third kappa shape index (κ3) is 3.58. The molecule has 1 unspecified atom stereocenters. The Morgan fingerprint density at radius 1 is 1.38 bits per heavy atom. The zero-order chi connectivity index (χ0) is 20.8. The van der Waals surface area contributed by atoms with Crippen LogP contribution in [0.1, 0.15) is 66.0 Å². The molecule has 10 heteroatoms. The number of halogens is 3. The second-order valence-electron chi connectivity index (χ2n) is 7.56. The maximum absolute atomic E-state index is 13.8. The van der Waals surface area contributed by atoms with E-state index in [1.807, 2.05) is 0 Å². The van der Waals surface area contributed by atoms with Gasteiger partial charge in [-0.05, 0) is 30.9 Å². The summed E-state index contributed by atoms with van der Waals surface area (Å²) in [5.74, 6) is -0.799. The van der Waals surface area contributed by atoms with E-state index in [9.17, 15) is 18.0 Å². The van der Waals surface area contributed by atoms with Crippen molar-refractivity contribution in [1.82, 2.24) is 25.2 Å². The molecule has 0 saturated carbocycles. The van der Waals surface area contributed by atoms with E-state index >= 15 is 0 Å². The van der Waals surface area contributed by atoms with Crippen molar-refractivity contribution < 1.29 is 22.5 Å². The van der Waals surface area contributed by atoms with Crippen molar-refractivity contribution in [1.29, 1.82) is 0 Å². The summed E-state index contributed by atoms with van der Waals surface area (Å²) >= 11 is 0. The van der Waals surface area contributed by atoms with Crippen molar-refractivity contribution in [3.8, 4) is 0 Å². The average Bonchev–Trinajstić information content (AvgIpc) is 3.35. The van der Waals surface area contributed by atoms with Gasteiger partial charge in [0.15, 0.2) is 0 Å². The van der Waals surface area contributed by atoms with Crippen LogP contribution in [-0.4, -0.2) is 44.2 Å². The topological polar surface area (TPSA) is 87.9 Å². The summed E-state index contributed by atoms with van der Waals surface area (Å²) in [7, 11) is 0. The van der Waals surface area contributed by atoms with E-state index in [0.717, 1.165) is 6.07 Å². The second-order valence-corrected chi connectivity index (χ2v) is 7.56. The molecule has 1 atom stereocenters. The number of carbonyl (C=O) groups excluding carboxylic acids is 1. The Hall–Kier alpha value is -2.91. The molecule has 0 aliphatic carbocycles. The van der Waals surface area contributed by atoms with Crippen LogP contribution in [0.4, 0.5) is 13.2 Å². The van der Waals surface area contributed by atoms with Crippen LogP contribution in [0, 0.1) is 0 Å². The van der Waals surface area contributed by atoms with E-state index < -0.39 is 11.7 Å². The number of hydrogen-bond acceptors (Lipinski definition) is 5. The molecule has 0 bridgehead atoms. The van der Waals surface area contributed by atoms with Gasteiger partial charge in [0.25, 0.3) is 11.6 Å². The number of fused-ring (bicyclic) bond motifs is 1. The van der Waals surface area contributed by atoms with Gasteiger partial charge in [0.2, 0.25) is 0 Å². The Bertz CT molecular complexity index is 1030. The van der Waals surface area contributed by atoms with E-state index in [1.165, 1.54) is 6.20 Å². The molecule has 1 saturated heterocycles. The highest BCUT2D eigenvalue weighted by Gasteiger charge is 2.38. The van der Waals surface area contributed by atoms with E-state index in [4.69, 9.17) is 4.52 Å². The van der Waals surface area contributed by atoms with Crippen LogP contribution in [0.15, 0.2) is 22.9 Å². The number of nitrogens with zero attached hydrogens (tertiary/aromatic N) is 4. The fourth-order valence-electron chi connectivity index (χ4n) is 3.72. The first kappa shape index (κ1) is 19.4. The number of alkyl halides is 3. The Morgan fingerprint density at radius 3 is 2.83 bits per heavy atom. The molecular weight excluding hydrogens is 387 g/mol. The lowest BCUT2D eigenvalue weighted by Crippen LogP contribution is -2.39. The van der Waals surface area contributed by atoms with Crippen LogP contribution in [0.2, 0.25) is 0 Å². The normalized spacial score (nSPS) is 18.0. The third-order valence-corrected chi connectivity index (χ3v) is 5.22. The fraction of sp³-hybridized carbons (Fsp3) is 0.474. The molecule has 1 N–H and O–H groups in total. The van der Waals surface area contributed by atoms with E-state index in [-0.39, 0.29) is 41.1 Å². The minimum atomic E-state index is -4.56. The van der Waals surface area contributed by atoms with Gasteiger partial charge in [-0.25, -0.2) is 4.98 Å². The predicted molar refractivity (Wildman–Crippen MR) is 97.4 cm³/mol. The number of piperidine rings is 1. The van der Waals surface area contributed by atoms with Gasteiger partial charge in [0, 0.05) is 30.9 Å². The quantitative estimate of drug-likeness (QED) is 0.706. The number of aromatic nitrogens is 4. The Morgan fingerprint density at radius 2 is 2.17 bits per heavy atom. The lowest BCUT2D eigenvalue weighted by molar-refractivity contribution is -0.136. The van der Waals surface area contributed by atoms with E-state index in [1.54, 1.807) is 24.8 Å². The molecule has 154 valence electrons. The predicted octanol–water partition coefficient (Wildman–Crippen LogP) is 4.11. The summed E-state index contributed by atoms with van der Waals surface area (Å²) in [4.78, 5) is 18.4. The summed E-state index contributed by atoms with van der Waals surface area (Å²) in [5.41, 5.74) is -0.0608.